The number of nitrogens with zero attached hydrogens (tertiary/aromatic N) is 3. The number of amides is 1. The van der Waals surface area contributed by atoms with Crippen molar-refractivity contribution in [2.24, 2.45) is 7.05 Å². The van der Waals surface area contributed by atoms with Crippen molar-refractivity contribution >= 4 is 22.6 Å². The number of anilines is 1. The lowest BCUT2D eigenvalue weighted by molar-refractivity contribution is 0.0942. The molecule has 0 saturated carbocycles. The van der Waals surface area contributed by atoms with Gasteiger partial charge in [0.25, 0.3) is 11.5 Å². The summed E-state index contributed by atoms with van der Waals surface area (Å²) < 4.78 is 28.1. The number of aromatic hydroxyl groups is 1. The molecule has 11 heteroatoms. The summed E-state index contributed by atoms with van der Waals surface area (Å²) in [4.78, 5) is 29.1. The number of carbonyl (C=O) groups excluding carboxylic acids is 1. The van der Waals surface area contributed by atoms with Gasteiger partial charge in [0, 0.05) is 20.1 Å². The molecular formula is C18H24N4O6S. The van der Waals surface area contributed by atoms with E-state index in [1.807, 2.05) is 0 Å². The number of rotatable bonds is 5. The summed E-state index contributed by atoms with van der Waals surface area (Å²) in [5.41, 5.74) is -0.555. The van der Waals surface area contributed by atoms with Crippen LogP contribution in [-0.2, 0) is 13.6 Å². The van der Waals surface area contributed by atoms with E-state index in [0.29, 0.717) is 18.6 Å². The summed E-state index contributed by atoms with van der Waals surface area (Å²) >= 11 is 0. The van der Waals surface area contributed by atoms with Crippen LogP contribution in [0.4, 0.5) is 5.95 Å². The number of aromatic nitrogens is 2. The second kappa shape index (κ2) is 8.31. The first-order chi connectivity index (χ1) is 13.7. The zero-order valence-electron chi connectivity index (χ0n) is 16.2. The first-order valence-electron chi connectivity index (χ1n) is 8.99. The number of hydrogen-bond donors (Lipinski definition) is 4. The molecule has 2 aromatic rings. The molecule has 0 radical (unpaired) electrons. The monoisotopic (exact) mass is 424 g/mol. The Kier molecular flexibility index (Phi) is 6.01. The van der Waals surface area contributed by atoms with Crippen LogP contribution in [0.2, 0.25) is 0 Å². The van der Waals surface area contributed by atoms with Crippen LogP contribution in [0, 0.1) is 0 Å². The summed E-state index contributed by atoms with van der Waals surface area (Å²) in [6.07, 6.45) is 1.32. The van der Waals surface area contributed by atoms with Crippen molar-refractivity contribution in [1.82, 2.24) is 14.9 Å². The molecule has 3 rings (SSSR count). The van der Waals surface area contributed by atoms with E-state index in [-0.39, 0.29) is 24.8 Å². The third-order valence-electron chi connectivity index (χ3n) is 4.65. The zero-order chi connectivity index (χ0) is 21.2. The Morgan fingerprint density at radius 2 is 2.10 bits per heavy atom. The zero-order valence-corrected chi connectivity index (χ0v) is 17.0. The third kappa shape index (κ3) is 4.31. The smallest absolute Gasteiger partial charge is 0.297 e. The van der Waals surface area contributed by atoms with Crippen molar-refractivity contribution in [2.45, 2.75) is 19.4 Å². The van der Waals surface area contributed by atoms with Crippen molar-refractivity contribution in [3.8, 4) is 11.5 Å². The van der Waals surface area contributed by atoms with Crippen molar-refractivity contribution in [1.29, 1.82) is 0 Å². The van der Waals surface area contributed by atoms with E-state index in [0.717, 1.165) is 10.1 Å². The largest absolute Gasteiger partial charge is 0.501 e. The maximum Gasteiger partial charge on any atom is 0.297 e. The molecule has 1 aromatic heterocycles. The fourth-order valence-corrected chi connectivity index (χ4v) is 4.71. The fourth-order valence-electron chi connectivity index (χ4n) is 3.05. The van der Waals surface area contributed by atoms with Gasteiger partial charge in [0.05, 0.1) is 12.9 Å². The van der Waals surface area contributed by atoms with Crippen LogP contribution in [0.1, 0.15) is 28.9 Å². The molecule has 4 N–H and O–H groups in total. The highest BCUT2D eigenvalue weighted by atomic mass is 32.3. The van der Waals surface area contributed by atoms with Gasteiger partial charge in [-0.15, -0.1) is 10.8 Å². The van der Waals surface area contributed by atoms with Gasteiger partial charge in [-0.1, -0.05) is 12.1 Å². The predicted octanol–water partition coefficient (Wildman–Crippen LogP) is 1.69. The average Bonchev–Trinajstić information content (AvgIpc) is 2.71. The highest BCUT2D eigenvalue weighted by Gasteiger charge is 2.32. The van der Waals surface area contributed by atoms with Crippen molar-refractivity contribution < 1.29 is 23.7 Å². The Labute approximate surface area is 169 Å². The molecule has 1 aliphatic rings. The van der Waals surface area contributed by atoms with Gasteiger partial charge in [-0.3, -0.25) is 23.3 Å². The molecule has 1 aliphatic heterocycles. The molecule has 1 amide bonds. The van der Waals surface area contributed by atoms with E-state index >= 15 is 0 Å². The minimum absolute atomic E-state index is 0.0703. The van der Waals surface area contributed by atoms with Crippen LogP contribution in [0.15, 0.2) is 29.1 Å². The molecule has 0 spiro atoms. The quantitative estimate of drug-likeness (QED) is 0.569. The number of hydrogen-bond acceptors (Lipinski definition) is 8. The Bertz CT molecular complexity index is 977. The lowest BCUT2D eigenvalue weighted by Gasteiger charge is -2.46. The summed E-state index contributed by atoms with van der Waals surface area (Å²) in [6.45, 7) is 0.402. The van der Waals surface area contributed by atoms with Gasteiger partial charge in [0.15, 0.2) is 5.69 Å². The van der Waals surface area contributed by atoms with E-state index < -0.39 is 33.7 Å². The van der Waals surface area contributed by atoms with Crippen LogP contribution >= 0.6 is 10.8 Å². The number of ether oxygens (including phenoxy) is 1. The molecule has 158 valence electrons. The first-order valence-corrected chi connectivity index (χ1v) is 10.7. The second-order valence-corrected chi connectivity index (χ2v) is 8.77. The Hall–Kier alpha value is -2.76. The van der Waals surface area contributed by atoms with Crippen LogP contribution in [0.3, 0.4) is 0 Å². The maximum absolute atomic E-state index is 12.6. The molecule has 29 heavy (non-hydrogen) atoms. The maximum atomic E-state index is 12.6. The first kappa shape index (κ1) is 21.0. The average molecular weight is 424 g/mol. The van der Waals surface area contributed by atoms with E-state index in [4.69, 9.17) is 4.74 Å². The van der Waals surface area contributed by atoms with Crippen LogP contribution in [0.5, 0.6) is 11.5 Å². The third-order valence-corrected chi connectivity index (χ3v) is 6.54. The number of nitrogens with one attached hydrogen (secondary N) is 1. The number of benzene rings is 1. The second-order valence-electron chi connectivity index (χ2n) is 6.65. The van der Waals surface area contributed by atoms with Crippen molar-refractivity contribution in [3.05, 3.63) is 45.9 Å². The van der Waals surface area contributed by atoms with Gasteiger partial charge in [-0.05, 0) is 30.5 Å². The highest BCUT2D eigenvalue weighted by Crippen LogP contribution is 2.48. The van der Waals surface area contributed by atoms with Gasteiger partial charge >= 0.3 is 0 Å². The topological polar surface area (TPSA) is 137 Å². The molecular weight excluding hydrogens is 400 g/mol. The molecule has 0 bridgehead atoms. The minimum Gasteiger partial charge on any atom is -0.501 e. The highest BCUT2D eigenvalue weighted by molar-refractivity contribution is 8.25. The summed E-state index contributed by atoms with van der Waals surface area (Å²) in [7, 11) is -0.263. The van der Waals surface area contributed by atoms with Gasteiger partial charge in [0.1, 0.15) is 5.75 Å². The SMILES string of the molecule is COc1cccc(CNC(=O)c2nc(N3CCCCS3(O)O)n(C)c(=O)c2O)c1. The molecule has 1 saturated heterocycles. The lowest BCUT2D eigenvalue weighted by Crippen LogP contribution is -2.39. The predicted molar refractivity (Wildman–Crippen MR) is 110 cm³/mol. The van der Waals surface area contributed by atoms with E-state index in [1.165, 1.54) is 18.5 Å². The van der Waals surface area contributed by atoms with Crippen LogP contribution in [-0.4, -0.2) is 49.1 Å². The fraction of sp³-hybridized carbons (Fsp3) is 0.389. The van der Waals surface area contributed by atoms with Gasteiger partial charge in [-0.25, -0.2) is 9.29 Å². The molecule has 2 heterocycles. The Balaban J connectivity index is 1.89. The van der Waals surface area contributed by atoms with Crippen molar-refractivity contribution in [3.63, 3.8) is 0 Å². The van der Waals surface area contributed by atoms with E-state index in [9.17, 15) is 23.8 Å². The lowest BCUT2D eigenvalue weighted by atomic mass is 10.2. The standard InChI is InChI=1S/C18H24N4O6S/c1-21-17(25)15(23)14(20-18(21)22-8-3-4-9-29(22,26)27)16(24)19-11-12-6-5-7-13(10-12)28-2/h5-7,10,23,26-27H,3-4,8-9,11H2,1-2H3,(H,19,24). The number of methoxy groups -OCH3 is 1. The normalized spacial score (nSPS) is 16.9. The van der Waals surface area contributed by atoms with Crippen LogP contribution < -0.4 is 19.9 Å². The molecule has 10 nitrogen and oxygen atoms in total. The Morgan fingerprint density at radius 1 is 1.34 bits per heavy atom. The summed E-state index contributed by atoms with van der Waals surface area (Å²) in [5, 5.41) is 12.8. The molecule has 0 atom stereocenters. The number of carbonyl (C=O) groups is 1. The molecule has 1 aromatic carbocycles. The van der Waals surface area contributed by atoms with Crippen LogP contribution in [0.25, 0.3) is 0 Å². The molecule has 0 unspecified atom stereocenters. The summed E-state index contributed by atoms with van der Waals surface area (Å²) in [6, 6.07) is 7.07. The Morgan fingerprint density at radius 3 is 2.79 bits per heavy atom. The van der Waals surface area contributed by atoms with Crippen molar-refractivity contribution in [2.75, 3.05) is 23.7 Å². The molecule has 1 fully saturated rings. The van der Waals surface area contributed by atoms with Gasteiger partial charge in [0.2, 0.25) is 11.7 Å². The molecule has 0 aliphatic carbocycles. The minimum atomic E-state index is -3.15. The van der Waals surface area contributed by atoms with Gasteiger partial charge in [-0.2, -0.15) is 0 Å². The van der Waals surface area contributed by atoms with E-state index in [2.05, 4.69) is 10.3 Å². The van der Waals surface area contributed by atoms with Gasteiger partial charge < -0.3 is 15.2 Å². The van der Waals surface area contributed by atoms with E-state index in [1.54, 1.807) is 24.3 Å². The summed E-state index contributed by atoms with van der Waals surface area (Å²) in [5.74, 6) is -0.838.